The molecule has 1 saturated heterocycles. The van der Waals surface area contributed by atoms with Gasteiger partial charge in [0, 0.05) is 50.9 Å². The van der Waals surface area contributed by atoms with Crippen LogP contribution in [0.5, 0.6) is 0 Å². The lowest BCUT2D eigenvalue weighted by Gasteiger charge is -2.16. The van der Waals surface area contributed by atoms with E-state index in [2.05, 4.69) is 20.9 Å². The summed E-state index contributed by atoms with van der Waals surface area (Å²) in [5.41, 5.74) is 2.70. The van der Waals surface area contributed by atoms with Gasteiger partial charge >= 0.3 is 0 Å². The molecule has 0 bridgehead atoms. The van der Waals surface area contributed by atoms with Crippen LogP contribution in [0, 0.1) is 0 Å². The van der Waals surface area contributed by atoms with Crippen molar-refractivity contribution in [3.05, 3.63) is 65.7 Å². The molecule has 7 nitrogen and oxygen atoms in total. The van der Waals surface area contributed by atoms with Crippen LogP contribution in [0.25, 0.3) is 0 Å². The molecule has 3 rings (SSSR count). The van der Waals surface area contributed by atoms with E-state index in [-0.39, 0.29) is 35.8 Å². The van der Waals surface area contributed by atoms with Crippen LogP contribution in [0.1, 0.15) is 28.8 Å². The Morgan fingerprint density at radius 1 is 1.00 bits per heavy atom. The quantitative estimate of drug-likeness (QED) is 0.226. The Morgan fingerprint density at radius 3 is 2.33 bits per heavy atom. The number of halogens is 1. The zero-order valence-electron chi connectivity index (χ0n) is 17.1. The Hall–Kier alpha value is -2.62. The second kappa shape index (κ2) is 12.2. The van der Waals surface area contributed by atoms with Crippen LogP contribution in [0.15, 0.2) is 59.6 Å². The van der Waals surface area contributed by atoms with Crippen molar-refractivity contribution in [1.82, 2.24) is 16.0 Å². The summed E-state index contributed by atoms with van der Waals surface area (Å²) in [6, 6.07) is 17.1. The van der Waals surface area contributed by atoms with Crippen molar-refractivity contribution in [3.63, 3.8) is 0 Å². The minimum Gasteiger partial charge on any atom is -0.355 e. The molecule has 160 valence electrons. The summed E-state index contributed by atoms with van der Waals surface area (Å²) in [6.45, 7) is 2.47. The third-order valence-corrected chi connectivity index (χ3v) is 4.74. The SMILES string of the molecule is CN=C(NCCNC(=O)c1ccccc1)NCc1ccc(N2CCCC2=O)cc1.I. The number of nitrogens with one attached hydrogen (secondary N) is 3. The minimum atomic E-state index is -0.0908. The van der Waals surface area contributed by atoms with E-state index in [1.165, 1.54) is 0 Å². The van der Waals surface area contributed by atoms with Gasteiger partial charge in [-0.05, 0) is 36.2 Å². The second-order valence-electron chi connectivity index (χ2n) is 6.79. The number of rotatable bonds is 7. The lowest BCUT2D eigenvalue weighted by molar-refractivity contribution is -0.117. The molecule has 3 N–H and O–H groups in total. The number of anilines is 1. The number of hydrogen-bond acceptors (Lipinski definition) is 3. The Balaban J connectivity index is 0.00000320. The van der Waals surface area contributed by atoms with E-state index in [0.29, 0.717) is 37.6 Å². The predicted octanol–water partition coefficient (Wildman–Crippen LogP) is 2.53. The van der Waals surface area contributed by atoms with Crippen molar-refractivity contribution in [2.75, 3.05) is 31.6 Å². The van der Waals surface area contributed by atoms with Crippen molar-refractivity contribution in [1.29, 1.82) is 0 Å². The first-order chi connectivity index (χ1) is 14.2. The summed E-state index contributed by atoms with van der Waals surface area (Å²) in [4.78, 5) is 29.9. The highest BCUT2D eigenvalue weighted by Gasteiger charge is 2.21. The number of benzene rings is 2. The Labute approximate surface area is 194 Å². The summed E-state index contributed by atoms with van der Waals surface area (Å²) < 4.78 is 0. The number of carbonyl (C=O) groups excluding carboxylic acids is 2. The lowest BCUT2D eigenvalue weighted by Crippen LogP contribution is -2.41. The normalized spacial score (nSPS) is 13.6. The Kier molecular flexibility index (Phi) is 9.59. The van der Waals surface area contributed by atoms with Gasteiger partial charge in [0.05, 0.1) is 0 Å². The largest absolute Gasteiger partial charge is 0.355 e. The first kappa shape index (κ1) is 23.7. The van der Waals surface area contributed by atoms with Gasteiger partial charge in [0.1, 0.15) is 0 Å². The van der Waals surface area contributed by atoms with Gasteiger partial charge in [0.2, 0.25) is 5.91 Å². The summed E-state index contributed by atoms with van der Waals surface area (Å²) in [5, 5.41) is 9.30. The molecule has 1 fully saturated rings. The zero-order valence-corrected chi connectivity index (χ0v) is 19.4. The van der Waals surface area contributed by atoms with Gasteiger partial charge in [-0.15, -0.1) is 24.0 Å². The van der Waals surface area contributed by atoms with Crippen molar-refractivity contribution in [2.45, 2.75) is 19.4 Å². The van der Waals surface area contributed by atoms with Gasteiger partial charge in [-0.3, -0.25) is 14.6 Å². The Morgan fingerprint density at radius 2 is 1.70 bits per heavy atom. The Bertz CT molecular complexity index is 856. The highest BCUT2D eigenvalue weighted by Crippen LogP contribution is 2.21. The van der Waals surface area contributed by atoms with E-state index >= 15 is 0 Å². The van der Waals surface area contributed by atoms with Gasteiger partial charge in [-0.1, -0.05) is 30.3 Å². The molecule has 2 aromatic carbocycles. The van der Waals surface area contributed by atoms with Crippen LogP contribution in [-0.4, -0.2) is 44.5 Å². The standard InChI is InChI=1S/C22H27N5O2.HI/c1-23-22(25-14-13-24-21(29)18-6-3-2-4-7-18)26-16-17-9-11-19(12-10-17)27-15-5-8-20(27)28;/h2-4,6-7,9-12H,5,8,13-16H2,1H3,(H,24,29)(H2,23,25,26);1H. The molecule has 0 saturated carbocycles. The fraction of sp³-hybridized carbons (Fsp3) is 0.318. The van der Waals surface area contributed by atoms with E-state index in [1.807, 2.05) is 47.4 Å². The maximum Gasteiger partial charge on any atom is 0.251 e. The number of nitrogens with zero attached hydrogens (tertiary/aromatic N) is 2. The van der Waals surface area contributed by atoms with E-state index in [1.54, 1.807) is 19.2 Å². The molecule has 0 aromatic heterocycles. The van der Waals surface area contributed by atoms with E-state index in [4.69, 9.17) is 0 Å². The van der Waals surface area contributed by atoms with E-state index in [9.17, 15) is 9.59 Å². The molecule has 1 aliphatic heterocycles. The van der Waals surface area contributed by atoms with Gasteiger partial charge in [0.25, 0.3) is 5.91 Å². The van der Waals surface area contributed by atoms with Crippen LogP contribution in [0.2, 0.25) is 0 Å². The first-order valence-electron chi connectivity index (χ1n) is 9.84. The molecule has 0 radical (unpaired) electrons. The molecule has 0 spiro atoms. The molecule has 1 aliphatic rings. The highest BCUT2D eigenvalue weighted by atomic mass is 127. The molecule has 0 atom stereocenters. The molecule has 30 heavy (non-hydrogen) atoms. The second-order valence-corrected chi connectivity index (χ2v) is 6.79. The summed E-state index contributed by atoms with van der Waals surface area (Å²) in [6.07, 6.45) is 1.56. The van der Waals surface area contributed by atoms with Gasteiger partial charge in [-0.25, -0.2) is 0 Å². The topological polar surface area (TPSA) is 85.8 Å². The van der Waals surface area contributed by atoms with Crippen LogP contribution in [0.4, 0.5) is 5.69 Å². The predicted molar refractivity (Wildman–Crippen MR) is 130 cm³/mol. The molecule has 1 heterocycles. The third-order valence-electron chi connectivity index (χ3n) is 4.74. The monoisotopic (exact) mass is 521 g/mol. The number of amides is 2. The maximum atomic E-state index is 12.0. The van der Waals surface area contributed by atoms with Gasteiger partial charge in [0.15, 0.2) is 5.96 Å². The van der Waals surface area contributed by atoms with E-state index < -0.39 is 0 Å². The summed E-state index contributed by atoms with van der Waals surface area (Å²) >= 11 is 0. The van der Waals surface area contributed by atoms with Crippen molar-refractivity contribution in [2.24, 2.45) is 4.99 Å². The third kappa shape index (κ3) is 6.72. The van der Waals surface area contributed by atoms with Gasteiger partial charge in [-0.2, -0.15) is 0 Å². The zero-order chi connectivity index (χ0) is 20.5. The molecule has 0 aliphatic carbocycles. The first-order valence-corrected chi connectivity index (χ1v) is 9.84. The molecule has 2 amide bonds. The van der Waals surface area contributed by atoms with Gasteiger partial charge < -0.3 is 20.9 Å². The summed E-state index contributed by atoms with van der Waals surface area (Å²) in [5.74, 6) is 0.768. The highest BCUT2D eigenvalue weighted by molar-refractivity contribution is 14.0. The smallest absolute Gasteiger partial charge is 0.251 e. The fourth-order valence-corrected chi connectivity index (χ4v) is 3.17. The molecule has 8 heteroatoms. The number of carbonyl (C=O) groups is 2. The van der Waals surface area contributed by atoms with Crippen LogP contribution >= 0.6 is 24.0 Å². The molecule has 2 aromatic rings. The fourth-order valence-electron chi connectivity index (χ4n) is 3.17. The number of hydrogen-bond donors (Lipinski definition) is 3. The average molecular weight is 521 g/mol. The molecule has 0 unspecified atom stereocenters. The number of aliphatic imine (C=N–C) groups is 1. The summed E-state index contributed by atoms with van der Waals surface area (Å²) in [7, 11) is 1.71. The number of guanidine groups is 1. The van der Waals surface area contributed by atoms with Crippen molar-refractivity contribution >= 4 is 47.4 Å². The lowest BCUT2D eigenvalue weighted by atomic mass is 10.2. The van der Waals surface area contributed by atoms with Crippen molar-refractivity contribution < 1.29 is 9.59 Å². The van der Waals surface area contributed by atoms with E-state index in [0.717, 1.165) is 24.2 Å². The van der Waals surface area contributed by atoms with Crippen LogP contribution in [0.3, 0.4) is 0 Å². The van der Waals surface area contributed by atoms with Crippen LogP contribution in [-0.2, 0) is 11.3 Å². The minimum absolute atomic E-state index is 0. The molecular formula is C22H28IN5O2. The molecular weight excluding hydrogens is 493 g/mol. The van der Waals surface area contributed by atoms with Crippen LogP contribution < -0.4 is 20.9 Å². The average Bonchev–Trinajstić information content (AvgIpc) is 3.20. The maximum absolute atomic E-state index is 12.0. The van der Waals surface area contributed by atoms with Crippen molar-refractivity contribution in [3.8, 4) is 0 Å².